The predicted molar refractivity (Wildman–Crippen MR) is 218 cm³/mol. The lowest BCUT2D eigenvalue weighted by molar-refractivity contribution is 0.620. The van der Waals surface area contributed by atoms with E-state index >= 15 is 0 Å². The van der Waals surface area contributed by atoms with Crippen LogP contribution in [0, 0.1) is 0 Å². The summed E-state index contributed by atoms with van der Waals surface area (Å²) in [6.07, 6.45) is 0. The average Bonchev–Trinajstić information content (AvgIpc) is 3.67. The molecule has 9 aromatic carbocycles. The molecule has 1 heterocycles. The Bertz CT molecular complexity index is 2870. The third-order valence-electron chi connectivity index (χ3n) is 10.1. The number of rotatable bonds is 6. The number of benzene rings is 9. The van der Waals surface area contributed by atoms with Gasteiger partial charge in [-0.1, -0.05) is 140 Å². The van der Waals surface area contributed by atoms with Crippen LogP contribution in [0.2, 0.25) is 0 Å². The molecule has 0 bridgehead atoms. The first-order valence-corrected chi connectivity index (χ1v) is 17.6. The quantitative estimate of drug-likeness (QED) is 0.166. The Labute approximate surface area is 301 Å². The van der Waals surface area contributed by atoms with Gasteiger partial charge in [-0.2, -0.15) is 0 Å². The lowest BCUT2D eigenvalue weighted by Gasteiger charge is -2.27. The molecule has 0 amide bonds. The van der Waals surface area contributed by atoms with Gasteiger partial charge in [0.05, 0.1) is 5.69 Å². The highest BCUT2D eigenvalue weighted by atomic mass is 16.3. The van der Waals surface area contributed by atoms with Gasteiger partial charge < -0.3 is 9.32 Å². The molecule has 0 fully saturated rings. The van der Waals surface area contributed by atoms with E-state index in [-0.39, 0.29) is 0 Å². The average molecular weight is 665 g/mol. The molecule has 244 valence electrons. The summed E-state index contributed by atoms with van der Waals surface area (Å²) in [5.74, 6) is 0.636. The summed E-state index contributed by atoms with van der Waals surface area (Å²) in [5, 5.41) is 7.00. The molecule has 0 atom stereocenters. The topological polar surface area (TPSA) is 29.3 Å². The molecule has 1 aromatic heterocycles. The molecule has 0 spiro atoms. The van der Waals surface area contributed by atoms with Gasteiger partial charge in [0, 0.05) is 27.7 Å². The van der Waals surface area contributed by atoms with Gasteiger partial charge in [-0.25, -0.2) is 4.98 Å². The second kappa shape index (κ2) is 12.4. The molecule has 0 saturated carbocycles. The first-order valence-electron chi connectivity index (χ1n) is 17.6. The smallest absolute Gasteiger partial charge is 0.227 e. The van der Waals surface area contributed by atoms with Crippen LogP contribution in [0.3, 0.4) is 0 Å². The Kier molecular flexibility index (Phi) is 7.14. The van der Waals surface area contributed by atoms with E-state index < -0.39 is 0 Å². The van der Waals surface area contributed by atoms with Gasteiger partial charge in [0.2, 0.25) is 5.89 Å². The van der Waals surface area contributed by atoms with E-state index in [0.717, 1.165) is 61.0 Å². The summed E-state index contributed by atoms with van der Waals surface area (Å²) < 4.78 is 6.27. The van der Waals surface area contributed by atoms with Crippen molar-refractivity contribution in [3.05, 3.63) is 194 Å². The van der Waals surface area contributed by atoms with Gasteiger partial charge in [0.25, 0.3) is 0 Å². The van der Waals surface area contributed by atoms with Crippen molar-refractivity contribution in [2.45, 2.75) is 0 Å². The Morgan fingerprint density at radius 3 is 1.67 bits per heavy atom. The minimum Gasteiger partial charge on any atom is -0.436 e. The molecule has 0 radical (unpaired) electrons. The fraction of sp³-hybridized carbons (Fsp3) is 0. The van der Waals surface area contributed by atoms with E-state index in [1.165, 1.54) is 27.3 Å². The van der Waals surface area contributed by atoms with Gasteiger partial charge in [-0.15, -0.1) is 0 Å². The Morgan fingerprint density at radius 2 is 0.923 bits per heavy atom. The molecule has 0 aliphatic rings. The van der Waals surface area contributed by atoms with Crippen LogP contribution in [0.15, 0.2) is 199 Å². The second-order valence-electron chi connectivity index (χ2n) is 13.2. The van der Waals surface area contributed by atoms with Crippen molar-refractivity contribution in [1.82, 2.24) is 4.98 Å². The molecule has 0 unspecified atom stereocenters. The zero-order valence-corrected chi connectivity index (χ0v) is 28.3. The number of hydrogen-bond acceptors (Lipinski definition) is 3. The highest BCUT2D eigenvalue weighted by Gasteiger charge is 2.17. The molecule has 3 nitrogen and oxygen atoms in total. The molecule has 0 aliphatic heterocycles. The van der Waals surface area contributed by atoms with Gasteiger partial charge >= 0.3 is 0 Å². The molecule has 10 rings (SSSR count). The van der Waals surface area contributed by atoms with Crippen LogP contribution >= 0.6 is 0 Å². The number of hydrogen-bond donors (Lipinski definition) is 0. The lowest BCUT2D eigenvalue weighted by atomic mass is 9.96. The van der Waals surface area contributed by atoms with Crippen molar-refractivity contribution >= 4 is 60.5 Å². The maximum absolute atomic E-state index is 6.27. The largest absolute Gasteiger partial charge is 0.436 e. The second-order valence-corrected chi connectivity index (χ2v) is 13.2. The van der Waals surface area contributed by atoms with Crippen LogP contribution < -0.4 is 4.90 Å². The minimum absolute atomic E-state index is 0.636. The van der Waals surface area contributed by atoms with Crippen molar-refractivity contribution in [2.24, 2.45) is 0 Å². The predicted octanol–water partition coefficient (Wildman–Crippen LogP) is 13.8. The van der Waals surface area contributed by atoms with E-state index in [1.807, 2.05) is 36.4 Å². The fourth-order valence-electron chi connectivity index (χ4n) is 7.48. The standard InChI is InChI=1S/C49H32N2O/c1-3-10-33(11-4-1)34-22-27-41(28-23-34)51(45-17-9-15-36-12-7-8-16-43(36)45)42-29-24-35(25-30-42)40-21-19-37-18-20-38-26-31-46-48(47(38)44(37)32-40)50-49(52-46)39-13-5-2-6-14-39/h1-32H. The van der Waals surface area contributed by atoms with Crippen LogP contribution in [0.4, 0.5) is 17.1 Å². The monoisotopic (exact) mass is 664 g/mol. The normalized spacial score (nSPS) is 11.5. The SMILES string of the molecule is c1ccc(-c2ccc(N(c3ccc(-c4ccc5ccc6ccc7oc(-c8ccccc8)nc7c6c5c4)cc3)c3cccc4ccccc34)cc2)cc1. The maximum atomic E-state index is 6.27. The van der Waals surface area contributed by atoms with Crippen LogP contribution in [0.1, 0.15) is 0 Å². The van der Waals surface area contributed by atoms with Crippen molar-refractivity contribution in [3.63, 3.8) is 0 Å². The van der Waals surface area contributed by atoms with Crippen LogP contribution in [-0.2, 0) is 0 Å². The lowest BCUT2D eigenvalue weighted by Crippen LogP contribution is -2.10. The molecule has 0 saturated heterocycles. The summed E-state index contributed by atoms with van der Waals surface area (Å²) in [7, 11) is 0. The Balaban J connectivity index is 1.07. The van der Waals surface area contributed by atoms with Crippen molar-refractivity contribution in [3.8, 4) is 33.7 Å². The van der Waals surface area contributed by atoms with Crippen LogP contribution in [0.5, 0.6) is 0 Å². The maximum Gasteiger partial charge on any atom is 0.227 e. The minimum atomic E-state index is 0.636. The van der Waals surface area contributed by atoms with Gasteiger partial charge in [-0.05, 0) is 98.4 Å². The third kappa shape index (κ3) is 5.19. The van der Waals surface area contributed by atoms with Gasteiger partial charge in [-0.3, -0.25) is 0 Å². The van der Waals surface area contributed by atoms with Crippen LogP contribution in [-0.4, -0.2) is 4.98 Å². The molecule has 0 N–H and O–H groups in total. The Hall–Kier alpha value is -6.97. The van der Waals surface area contributed by atoms with E-state index in [2.05, 4.69) is 163 Å². The summed E-state index contributed by atoms with van der Waals surface area (Å²) in [4.78, 5) is 7.39. The summed E-state index contributed by atoms with van der Waals surface area (Å²) in [6, 6.07) is 68.8. The molecular formula is C49H32N2O. The van der Waals surface area contributed by atoms with Crippen LogP contribution in [0.25, 0.3) is 77.1 Å². The molecular weight excluding hydrogens is 633 g/mol. The number of nitrogens with zero attached hydrogens (tertiary/aromatic N) is 2. The van der Waals surface area contributed by atoms with Crippen molar-refractivity contribution in [1.29, 1.82) is 0 Å². The van der Waals surface area contributed by atoms with E-state index in [1.54, 1.807) is 0 Å². The van der Waals surface area contributed by atoms with Gasteiger partial charge in [0.15, 0.2) is 5.58 Å². The number of fused-ring (bicyclic) bond motifs is 6. The summed E-state index contributed by atoms with van der Waals surface area (Å²) >= 11 is 0. The zero-order chi connectivity index (χ0) is 34.4. The number of aromatic nitrogens is 1. The molecule has 3 heteroatoms. The van der Waals surface area contributed by atoms with Crippen molar-refractivity contribution < 1.29 is 4.42 Å². The highest BCUT2D eigenvalue weighted by molar-refractivity contribution is 6.19. The first kappa shape index (κ1) is 29.9. The van der Waals surface area contributed by atoms with E-state index in [9.17, 15) is 0 Å². The highest BCUT2D eigenvalue weighted by Crippen LogP contribution is 2.41. The van der Waals surface area contributed by atoms with Gasteiger partial charge in [0.1, 0.15) is 5.52 Å². The Morgan fingerprint density at radius 1 is 0.385 bits per heavy atom. The first-order chi connectivity index (χ1) is 25.8. The molecule has 10 aromatic rings. The number of oxazole rings is 1. The van der Waals surface area contributed by atoms with E-state index in [0.29, 0.717) is 5.89 Å². The zero-order valence-electron chi connectivity index (χ0n) is 28.3. The summed E-state index contributed by atoms with van der Waals surface area (Å²) in [5.41, 5.74) is 10.7. The fourth-order valence-corrected chi connectivity index (χ4v) is 7.48. The molecule has 0 aliphatic carbocycles. The van der Waals surface area contributed by atoms with E-state index in [4.69, 9.17) is 9.40 Å². The number of anilines is 3. The van der Waals surface area contributed by atoms with Crippen molar-refractivity contribution in [2.75, 3.05) is 4.90 Å². The summed E-state index contributed by atoms with van der Waals surface area (Å²) in [6.45, 7) is 0. The third-order valence-corrected chi connectivity index (χ3v) is 10.1. The molecule has 52 heavy (non-hydrogen) atoms.